The van der Waals surface area contributed by atoms with Gasteiger partial charge in [0.1, 0.15) is 0 Å². The third-order valence-corrected chi connectivity index (χ3v) is 5.19. The molecule has 1 saturated heterocycles. The van der Waals surface area contributed by atoms with Crippen molar-refractivity contribution in [2.75, 3.05) is 13.1 Å². The second kappa shape index (κ2) is 7.51. The van der Waals surface area contributed by atoms with Crippen molar-refractivity contribution in [1.29, 1.82) is 0 Å². The molecule has 3 heteroatoms. The minimum absolute atomic E-state index is 0.136. The molecule has 0 aliphatic carbocycles. The van der Waals surface area contributed by atoms with Crippen LogP contribution in [0.5, 0.6) is 0 Å². The number of amides is 1. The average Bonchev–Trinajstić information content (AvgIpc) is 2.61. The summed E-state index contributed by atoms with van der Waals surface area (Å²) in [6, 6.07) is 18.4. The number of carbonyl (C=O) groups excluding carboxylic acids is 1. The molecule has 118 valence electrons. The summed E-state index contributed by atoms with van der Waals surface area (Å²) >= 11 is 1.79. The molecule has 0 bridgehead atoms. The number of likely N-dealkylation sites (tertiary alicyclic amines) is 1. The normalized spacial score (nSPS) is 14.8. The molecule has 2 aromatic rings. The van der Waals surface area contributed by atoms with Crippen LogP contribution in [0, 0.1) is 0 Å². The molecule has 1 fully saturated rings. The van der Waals surface area contributed by atoms with Crippen LogP contribution in [0.15, 0.2) is 71.6 Å². The van der Waals surface area contributed by atoms with Gasteiger partial charge in [0.2, 0.25) is 0 Å². The Hall–Kier alpha value is -2.00. The highest BCUT2D eigenvalue weighted by molar-refractivity contribution is 7.98. The lowest BCUT2D eigenvalue weighted by Gasteiger charge is -2.28. The summed E-state index contributed by atoms with van der Waals surface area (Å²) in [6.07, 6.45) is 1.85. The van der Waals surface area contributed by atoms with Gasteiger partial charge in [0.25, 0.3) is 5.91 Å². The van der Waals surface area contributed by atoms with Crippen molar-refractivity contribution in [2.24, 2.45) is 0 Å². The van der Waals surface area contributed by atoms with Crippen molar-refractivity contribution in [1.82, 2.24) is 4.90 Å². The van der Waals surface area contributed by atoms with E-state index in [1.54, 1.807) is 11.8 Å². The summed E-state index contributed by atoms with van der Waals surface area (Å²) in [5.41, 5.74) is 3.34. The van der Waals surface area contributed by atoms with Crippen LogP contribution >= 0.6 is 11.8 Å². The maximum absolute atomic E-state index is 12.5. The van der Waals surface area contributed by atoms with E-state index in [2.05, 4.69) is 30.8 Å². The Morgan fingerprint density at radius 1 is 1.00 bits per heavy atom. The number of hydrogen-bond donors (Lipinski definition) is 0. The van der Waals surface area contributed by atoms with Gasteiger partial charge in [0.05, 0.1) is 0 Å². The van der Waals surface area contributed by atoms with Gasteiger partial charge >= 0.3 is 0 Å². The Bertz CT molecular complexity index is 669. The summed E-state index contributed by atoms with van der Waals surface area (Å²) < 4.78 is 0. The third-order valence-electron chi connectivity index (χ3n) is 4.11. The predicted octanol–water partition coefficient (Wildman–Crippen LogP) is 4.77. The van der Waals surface area contributed by atoms with Gasteiger partial charge in [0.15, 0.2) is 0 Å². The lowest BCUT2D eigenvalue weighted by Crippen LogP contribution is -2.36. The maximum Gasteiger partial charge on any atom is 0.253 e. The van der Waals surface area contributed by atoms with Crippen LogP contribution < -0.4 is 0 Å². The number of nitrogens with zero attached hydrogens (tertiary/aromatic N) is 1. The zero-order valence-electron chi connectivity index (χ0n) is 13.2. The molecule has 0 atom stereocenters. The first-order valence-electron chi connectivity index (χ1n) is 7.95. The van der Waals surface area contributed by atoms with E-state index < -0.39 is 0 Å². The summed E-state index contributed by atoms with van der Waals surface area (Å²) in [5.74, 6) is 1.08. The highest BCUT2D eigenvalue weighted by atomic mass is 32.2. The fourth-order valence-corrected chi connectivity index (χ4v) is 3.50. The Morgan fingerprint density at radius 3 is 2.30 bits per heavy atom. The van der Waals surface area contributed by atoms with Crippen LogP contribution in [-0.2, 0) is 5.75 Å². The van der Waals surface area contributed by atoms with Gasteiger partial charge in [-0.1, -0.05) is 42.5 Å². The van der Waals surface area contributed by atoms with Crippen LogP contribution in [0.2, 0.25) is 0 Å². The quantitative estimate of drug-likeness (QED) is 0.596. The first kappa shape index (κ1) is 15.9. The zero-order chi connectivity index (χ0) is 16.1. The van der Waals surface area contributed by atoms with E-state index in [-0.39, 0.29) is 5.91 Å². The van der Waals surface area contributed by atoms with Crippen LogP contribution in [0.3, 0.4) is 0 Å². The first-order chi connectivity index (χ1) is 11.2. The molecule has 0 spiro atoms. The number of rotatable bonds is 4. The molecule has 1 heterocycles. The van der Waals surface area contributed by atoms with Crippen molar-refractivity contribution in [3.8, 4) is 0 Å². The van der Waals surface area contributed by atoms with Gasteiger partial charge < -0.3 is 4.90 Å². The van der Waals surface area contributed by atoms with Crippen molar-refractivity contribution >= 4 is 17.7 Å². The zero-order valence-corrected chi connectivity index (χ0v) is 14.0. The molecule has 1 amide bonds. The molecule has 1 aliphatic rings. The first-order valence-corrected chi connectivity index (χ1v) is 8.93. The molecule has 2 nitrogen and oxygen atoms in total. The van der Waals surface area contributed by atoms with Crippen LogP contribution in [0.25, 0.3) is 0 Å². The van der Waals surface area contributed by atoms with Gasteiger partial charge in [-0.3, -0.25) is 4.79 Å². The van der Waals surface area contributed by atoms with Crippen molar-refractivity contribution in [3.05, 3.63) is 77.9 Å². The molecule has 0 unspecified atom stereocenters. The van der Waals surface area contributed by atoms with E-state index in [9.17, 15) is 4.79 Å². The molecule has 0 radical (unpaired) electrons. The van der Waals surface area contributed by atoms with Crippen LogP contribution in [-0.4, -0.2) is 23.9 Å². The van der Waals surface area contributed by atoms with Gasteiger partial charge in [0, 0.05) is 29.3 Å². The predicted molar refractivity (Wildman–Crippen MR) is 96.7 cm³/mol. The van der Waals surface area contributed by atoms with Crippen LogP contribution in [0.4, 0.5) is 0 Å². The number of carbonyl (C=O) groups is 1. The lowest BCUT2D eigenvalue weighted by molar-refractivity contribution is 0.0744. The minimum atomic E-state index is 0.136. The van der Waals surface area contributed by atoms with Crippen molar-refractivity contribution in [2.45, 2.75) is 23.5 Å². The molecule has 3 rings (SSSR count). The van der Waals surface area contributed by atoms with E-state index in [1.165, 1.54) is 16.0 Å². The number of piperidine rings is 1. The molecule has 2 aromatic carbocycles. The summed E-state index contributed by atoms with van der Waals surface area (Å²) in [4.78, 5) is 15.6. The Labute approximate surface area is 142 Å². The fourth-order valence-electron chi connectivity index (χ4n) is 2.64. The number of benzene rings is 2. The number of thioether (sulfide) groups is 1. The highest BCUT2D eigenvalue weighted by Gasteiger charge is 2.19. The van der Waals surface area contributed by atoms with Gasteiger partial charge in [-0.05, 0) is 42.7 Å². The van der Waals surface area contributed by atoms with Crippen molar-refractivity contribution in [3.63, 3.8) is 0 Å². The fraction of sp³-hybridized carbons (Fsp3) is 0.250. The topological polar surface area (TPSA) is 20.3 Å². The largest absolute Gasteiger partial charge is 0.338 e. The van der Waals surface area contributed by atoms with Gasteiger partial charge in [-0.25, -0.2) is 0 Å². The smallest absolute Gasteiger partial charge is 0.253 e. The second-order valence-corrected chi connectivity index (χ2v) is 6.89. The van der Waals surface area contributed by atoms with Gasteiger partial charge in [-0.15, -0.1) is 11.8 Å². The molecule has 1 aliphatic heterocycles. The van der Waals surface area contributed by atoms with E-state index in [1.807, 2.05) is 35.2 Å². The molecule has 0 aromatic heterocycles. The van der Waals surface area contributed by atoms with E-state index in [0.717, 1.165) is 37.2 Å². The molecular weight excluding hydrogens is 302 g/mol. The molecular formula is C20H21NOS. The summed E-state index contributed by atoms with van der Waals surface area (Å²) in [5, 5.41) is 0. The lowest BCUT2D eigenvalue weighted by atomic mass is 10.0. The van der Waals surface area contributed by atoms with E-state index >= 15 is 0 Å². The Morgan fingerprint density at radius 2 is 1.65 bits per heavy atom. The second-order valence-electron chi connectivity index (χ2n) is 5.84. The monoisotopic (exact) mass is 323 g/mol. The Balaban J connectivity index is 1.58. The number of hydrogen-bond acceptors (Lipinski definition) is 2. The average molecular weight is 323 g/mol. The molecule has 0 N–H and O–H groups in total. The van der Waals surface area contributed by atoms with Crippen molar-refractivity contribution < 1.29 is 4.79 Å². The summed E-state index contributed by atoms with van der Waals surface area (Å²) in [7, 11) is 0. The molecule has 0 saturated carbocycles. The highest BCUT2D eigenvalue weighted by Crippen LogP contribution is 2.24. The maximum atomic E-state index is 12.5. The standard InChI is InChI=1S/C20H21NOS/c1-16-11-13-21(14-12-16)20(22)18-7-9-19(10-8-18)23-15-17-5-3-2-4-6-17/h2-10H,1,11-15H2. The molecule has 23 heavy (non-hydrogen) atoms. The SMILES string of the molecule is C=C1CCN(C(=O)c2ccc(SCc3ccccc3)cc2)CC1. The van der Waals surface area contributed by atoms with E-state index in [4.69, 9.17) is 0 Å². The van der Waals surface area contributed by atoms with E-state index in [0.29, 0.717) is 0 Å². The summed E-state index contributed by atoms with van der Waals surface area (Å²) in [6.45, 7) is 5.58. The third kappa shape index (κ3) is 4.26. The Kier molecular flexibility index (Phi) is 5.19. The van der Waals surface area contributed by atoms with Crippen LogP contribution in [0.1, 0.15) is 28.8 Å². The van der Waals surface area contributed by atoms with Gasteiger partial charge in [-0.2, -0.15) is 0 Å². The minimum Gasteiger partial charge on any atom is -0.338 e.